The molecular formula is CF3O2-. The fourth-order valence-corrected chi connectivity index (χ4v) is 0. The van der Waals surface area contributed by atoms with Gasteiger partial charge >= 0.3 is 6.36 Å². The summed E-state index contributed by atoms with van der Waals surface area (Å²) in [6, 6.07) is 0. The average molecular weight is 101 g/mol. The maximum Gasteiger partial charge on any atom is 0.513 e. The van der Waals surface area contributed by atoms with Crippen molar-refractivity contribution in [2.75, 3.05) is 0 Å². The van der Waals surface area contributed by atoms with Crippen LogP contribution in [-0.2, 0) is 4.89 Å². The molecule has 0 aliphatic carbocycles. The number of halogens is 3. The second kappa shape index (κ2) is 1.44. The van der Waals surface area contributed by atoms with Gasteiger partial charge in [-0.05, 0) is 0 Å². The Hall–Kier alpha value is -0.290. The Morgan fingerprint density at radius 2 is 1.50 bits per heavy atom. The van der Waals surface area contributed by atoms with Crippen molar-refractivity contribution < 1.29 is 23.3 Å². The highest BCUT2D eigenvalue weighted by Gasteiger charge is 2.23. The van der Waals surface area contributed by atoms with Gasteiger partial charge in [0.25, 0.3) is 0 Å². The molecule has 5 heteroatoms. The van der Waals surface area contributed by atoms with E-state index < -0.39 is 6.36 Å². The standard InChI is InChI=1S/CHF3O2/c2-1(3,4)6-5/h5H/p-1. The van der Waals surface area contributed by atoms with E-state index in [1.54, 1.807) is 4.89 Å². The molecule has 0 spiro atoms. The fourth-order valence-electron chi connectivity index (χ4n) is 0. The number of rotatable bonds is 0. The molecule has 0 fully saturated rings. The first kappa shape index (κ1) is 5.71. The summed E-state index contributed by atoms with van der Waals surface area (Å²) in [5.41, 5.74) is 0. The first-order valence-electron chi connectivity index (χ1n) is 0.938. The molecular weight excluding hydrogens is 101 g/mol. The van der Waals surface area contributed by atoms with Crippen molar-refractivity contribution in [1.29, 1.82) is 0 Å². The molecule has 0 aromatic rings. The summed E-state index contributed by atoms with van der Waals surface area (Å²) in [7, 11) is 0. The lowest BCUT2D eigenvalue weighted by Crippen LogP contribution is -2.21. The molecule has 0 bridgehead atoms. The Morgan fingerprint density at radius 1 is 1.33 bits per heavy atom. The van der Waals surface area contributed by atoms with Gasteiger partial charge in [0.1, 0.15) is 0 Å². The summed E-state index contributed by atoms with van der Waals surface area (Å²) in [5, 5.41) is 8.33. The summed E-state index contributed by atoms with van der Waals surface area (Å²) < 4.78 is 30.8. The van der Waals surface area contributed by atoms with Crippen LogP contribution in [0.1, 0.15) is 0 Å². The molecule has 0 amide bonds. The maximum atomic E-state index is 10.2. The van der Waals surface area contributed by atoms with Crippen LogP contribution < -0.4 is 5.26 Å². The van der Waals surface area contributed by atoms with Crippen molar-refractivity contribution in [3.05, 3.63) is 0 Å². The molecule has 0 unspecified atom stereocenters. The van der Waals surface area contributed by atoms with E-state index in [2.05, 4.69) is 0 Å². The van der Waals surface area contributed by atoms with Crippen molar-refractivity contribution in [2.24, 2.45) is 0 Å². The highest BCUT2D eigenvalue weighted by Crippen LogP contribution is 2.11. The molecule has 0 aliphatic heterocycles. The van der Waals surface area contributed by atoms with Crippen molar-refractivity contribution in [1.82, 2.24) is 0 Å². The molecule has 0 saturated heterocycles. The summed E-state index contributed by atoms with van der Waals surface area (Å²) in [6.07, 6.45) is -5.01. The van der Waals surface area contributed by atoms with Crippen molar-refractivity contribution in [3.8, 4) is 0 Å². The van der Waals surface area contributed by atoms with Gasteiger partial charge in [-0.25, -0.2) is 0 Å². The van der Waals surface area contributed by atoms with Crippen LogP contribution in [0.5, 0.6) is 0 Å². The Morgan fingerprint density at radius 3 is 1.50 bits per heavy atom. The average Bonchev–Trinajstić information content (AvgIpc) is 1.35. The highest BCUT2D eigenvalue weighted by atomic mass is 19.4. The van der Waals surface area contributed by atoms with E-state index in [0.717, 1.165) is 0 Å². The van der Waals surface area contributed by atoms with E-state index in [1.807, 2.05) is 0 Å². The van der Waals surface area contributed by atoms with Crippen molar-refractivity contribution in [2.45, 2.75) is 6.36 Å². The summed E-state index contributed by atoms with van der Waals surface area (Å²) in [6.45, 7) is 0. The first-order chi connectivity index (χ1) is 2.56. The van der Waals surface area contributed by atoms with Crippen LogP contribution in [0.25, 0.3) is 0 Å². The van der Waals surface area contributed by atoms with Gasteiger partial charge in [0.2, 0.25) is 0 Å². The monoisotopic (exact) mass is 101 g/mol. The Labute approximate surface area is 31.1 Å². The molecule has 6 heavy (non-hydrogen) atoms. The Kier molecular flexibility index (Phi) is 1.37. The van der Waals surface area contributed by atoms with Gasteiger partial charge in [-0.15, -0.1) is 13.2 Å². The van der Waals surface area contributed by atoms with Crippen LogP contribution in [0.4, 0.5) is 13.2 Å². The molecule has 38 valence electrons. The third-order valence-corrected chi connectivity index (χ3v) is 0.0945. The van der Waals surface area contributed by atoms with E-state index in [0.29, 0.717) is 0 Å². The topological polar surface area (TPSA) is 32.3 Å². The van der Waals surface area contributed by atoms with Gasteiger partial charge in [-0.3, -0.25) is 0 Å². The molecule has 0 atom stereocenters. The summed E-state index contributed by atoms with van der Waals surface area (Å²) in [4.78, 5) is 1.69. The third-order valence-electron chi connectivity index (χ3n) is 0.0945. The zero-order chi connectivity index (χ0) is 5.21. The van der Waals surface area contributed by atoms with Crippen molar-refractivity contribution >= 4 is 0 Å². The highest BCUT2D eigenvalue weighted by molar-refractivity contribution is 4.10. The Bertz CT molecular complexity index is 38.5. The minimum Gasteiger partial charge on any atom is -0.717 e. The van der Waals surface area contributed by atoms with Crippen LogP contribution in [0.15, 0.2) is 0 Å². The van der Waals surface area contributed by atoms with Gasteiger partial charge in [0.05, 0.1) is 0 Å². The van der Waals surface area contributed by atoms with Crippen LogP contribution in [0.3, 0.4) is 0 Å². The normalized spacial score (nSPS) is 12.0. The van der Waals surface area contributed by atoms with Crippen LogP contribution in [0, 0.1) is 0 Å². The predicted molar refractivity (Wildman–Crippen MR) is 7.14 cm³/mol. The van der Waals surface area contributed by atoms with Gasteiger partial charge in [0, 0.05) is 0 Å². The van der Waals surface area contributed by atoms with Crippen LogP contribution in [0.2, 0.25) is 0 Å². The lowest BCUT2D eigenvalue weighted by molar-refractivity contribution is -0.760. The van der Waals surface area contributed by atoms with Gasteiger partial charge in [-0.2, -0.15) is 0 Å². The third kappa shape index (κ3) is 3.71. The molecule has 0 aliphatic rings. The van der Waals surface area contributed by atoms with Crippen LogP contribution in [-0.4, -0.2) is 6.36 Å². The lowest BCUT2D eigenvalue weighted by atomic mass is 11.4. The van der Waals surface area contributed by atoms with E-state index in [-0.39, 0.29) is 0 Å². The summed E-state index contributed by atoms with van der Waals surface area (Å²) >= 11 is 0. The second-order valence-electron chi connectivity index (χ2n) is 0.529. The molecule has 0 aromatic heterocycles. The maximum absolute atomic E-state index is 10.2. The van der Waals surface area contributed by atoms with E-state index in [9.17, 15) is 13.2 Å². The quantitative estimate of drug-likeness (QED) is 0.312. The van der Waals surface area contributed by atoms with Crippen molar-refractivity contribution in [3.63, 3.8) is 0 Å². The van der Waals surface area contributed by atoms with Gasteiger partial charge in [0.15, 0.2) is 0 Å². The zero-order valence-corrected chi connectivity index (χ0v) is 2.45. The zero-order valence-electron chi connectivity index (χ0n) is 2.45. The summed E-state index contributed by atoms with van der Waals surface area (Å²) in [5.74, 6) is 0. The smallest absolute Gasteiger partial charge is 0.513 e. The molecule has 0 rings (SSSR count). The number of hydrogen-bond acceptors (Lipinski definition) is 2. The fraction of sp³-hybridized carbons (Fsp3) is 1.00. The SMILES string of the molecule is [O-]OC(F)(F)F. The van der Waals surface area contributed by atoms with E-state index in [4.69, 9.17) is 5.26 Å². The number of alkyl halides is 3. The minimum absolute atomic E-state index is 1.69. The minimum atomic E-state index is -5.01. The molecule has 2 nitrogen and oxygen atoms in total. The first-order valence-corrected chi connectivity index (χ1v) is 0.938. The molecule has 0 radical (unpaired) electrons. The molecule has 0 heterocycles. The predicted octanol–water partition coefficient (Wildman–Crippen LogP) is -0.202. The van der Waals surface area contributed by atoms with Crippen LogP contribution >= 0.6 is 0 Å². The van der Waals surface area contributed by atoms with E-state index in [1.165, 1.54) is 0 Å². The number of hydrogen-bond donors (Lipinski definition) is 0. The van der Waals surface area contributed by atoms with E-state index >= 15 is 0 Å². The molecule has 0 aromatic carbocycles. The molecule has 0 N–H and O–H groups in total. The largest absolute Gasteiger partial charge is 0.717 e. The Balaban J connectivity index is 3.17. The van der Waals surface area contributed by atoms with Gasteiger partial charge < -0.3 is 10.1 Å². The van der Waals surface area contributed by atoms with Gasteiger partial charge in [-0.1, -0.05) is 0 Å². The second-order valence-corrected chi connectivity index (χ2v) is 0.529. The molecule has 0 saturated carbocycles. The lowest BCUT2D eigenvalue weighted by Gasteiger charge is -2.07.